The maximum atomic E-state index is 12.4. The van der Waals surface area contributed by atoms with E-state index in [1.165, 1.54) is 23.9 Å². The molecule has 0 aliphatic rings. The first kappa shape index (κ1) is 24.2. The first-order chi connectivity index (χ1) is 16.8. The average molecular weight is 497 g/mol. The number of methoxy groups -OCH3 is 2. The highest BCUT2D eigenvalue weighted by atomic mass is 32.2. The lowest BCUT2D eigenvalue weighted by Crippen LogP contribution is -2.33. The van der Waals surface area contributed by atoms with Crippen molar-refractivity contribution < 1.29 is 19.2 Å². The number of thioether (sulfide) groups is 1. The van der Waals surface area contributed by atoms with Crippen LogP contribution in [-0.2, 0) is 4.79 Å². The number of non-ortho nitro benzene ring substituents is 1. The third-order valence-electron chi connectivity index (χ3n) is 5.44. The zero-order chi connectivity index (χ0) is 25.1. The van der Waals surface area contributed by atoms with Crippen molar-refractivity contribution in [2.24, 2.45) is 0 Å². The molecule has 35 heavy (non-hydrogen) atoms. The minimum Gasteiger partial charge on any atom is -0.493 e. The molecule has 0 saturated heterocycles. The molecule has 12 heteroatoms. The number of rotatable bonds is 9. The predicted octanol–water partition coefficient (Wildman–Crippen LogP) is 3.88. The summed E-state index contributed by atoms with van der Waals surface area (Å²) in [4.78, 5) is 32.4. The van der Waals surface area contributed by atoms with Gasteiger partial charge in [0, 0.05) is 35.2 Å². The third kappa shape index (κ3) is 4.97. The van der Waals surface area contributed by atoms with Gasteiger partial charge in [0.1, 0.15) is 0 Å². The van der Waals surface area contributed by atoms with E-state index in [0.29, 0.717) is 44.6 Å². The van der Waals surface area contributed by atoms with Gasteiger partial charge in [-0.1, -0.05) is 18.7 Å². The molecule has 1 atom stereocenters. The van der Waals surface area contributed by atoms with Crippen molar-refractivity contribution in [1.82, 2.24) is 24.9 Å². The number of nitrogens with one attached hydrogen (secondary N) is 1. The Bertz CT molecular complexity index is 1410. The van der Waals surface area contributed by atoms with Crippen molar-refractivity contribution in [2.45, 2.75) is 31.5 Å². The molecule has 1 N–H and O–H groups in total. The molecular weight excluding hydrogens is 472 g/mol. The van der Waals surface area contributed by atoms with E-state index in [2.05, 4.69) is 10.4 Å². The van der Waals surface area contributed by atoms with Crippen LogP contribution in [0, 0.1) is 10.1 Å². The average Bonchev–Trinajstić information content (AvgIpc) is 3.32. The summed E-state index contributed by atoms with van der Waals surface area (Å²) >= 11 is 1.24. The lowest BCUT2D eigenvalue weighted by Gasteiger charge is -2.12. The molecule has 0 fully saturated rings. The summed E-state index contributed by atoms with van der Waals surface area (Å²) in [6, 6.07) is 9.59. The van der Waals surface area contributed by atoms with Gasteiger partial charge in [0.05, 0.1) is 30.4 Å². The molecule has 2 aromatic heterocycles. The van der Waals surface area contributed by atoms with Crippen LogP contribution in [0.25, 0.3) is 27.9 Å². The van der Waals surface area contributed by atoms with E-state index in [4.69, 9.17) is 19.4 Å². The number of amides is 1. The summed E-state index contributed by atoms with van der Waals surface area (Å²) in [6.45, 7) is 3.95. The number of hydrogen-bond acceptors (Lipinski definition) is 9. The van der Waals surface area contributed by atoms with E-state index in [1.807, 2.05) is 13.8 Å². The molecule has 2 aromatic carbocycles. The van der Waals surface area contributed by atoms with Crippen LogP contribution in [-0.4, -0.2) is 56.4 Å². The second-order valence-electron chi connectivity index (χ2n) is 7.76. The molecule has 1 amide bonds. The van der Waals surface area contributed by atoms with E-state index in [1.54, 1.807) is 43.0 Å². The number of carbonyl (C=O) groups excluding carboxylic acids is 1. The van der Waals surface area contributed by atoms with Gasteiger partial charge in [-0.3, -0.25) is 14.9 Å². The number of hydrogen-bond donors (Lipinski definition) is 1. The Morgan fingerprint density at radius 1 is 1.17 bits per heavy atom. The minimum absolute atomic E-state index is 0.0231. The van der Waals surface area contributed by atoms with Crippen molar-refractivity contribution in [2.75, 3.05) is 20.0 Å². The Balaban J connectivity index is 1.82. The standard InChI is InChI=1S/C23H24N6O5S/c1-5-13(2)24-20(30)12-35-23-25-17-11-19(34-4)18(33-3)10-16(17)22-26-21(27-28(22)23)14-6-8-15(9-7-14)29(31)32/h6-11,13H,5,12H2,1-4H3,(H,24,30)/t13-/m0/s1. The fourth-order valence-corrected chi connectivity index (χ4v) is 4.16. The molecule has 0 unspecified atom stereocenters. The van der Waals surface area contributed by atoms with E-state index < -0.39 is 4.92 Å². The van der Waals surface area contributed by atoms with Crippen molar-refractivity contribution in [3.8, 4) is 22.9 Å². The van der Waals surface area contributed by atoms with E-state index >= 15 is 0 Å². The third-order valence-corrected chi connectivity index (χ3v) is 6.36. The maximum absolute atomic E-state index is 12.4. The molecule has 0 aliphatic carbocycles. The van der Waals surface area contributed by atoms with Gasteiger partial charge in [0.15, 0.2) is 28.1 Å². The summed E-state index contributed by atoms with van der Waals surface area (Å²) < 4.78 is 12.4. The fraction of sp³-hybridized carbons (Fsp3) is 0.304. The highest BCUT2D eigenvalue weighted by Crippen LogP contribution is 2.35. The van der Waals surface area contributed by atoms with Crippen LogP contribution < -0.4 is 14.8 Å². The van der Waals surface area contributed by atoms with E-state index in [0.717, 1.165) is 6.42 Å². The Kier molecular flexibility index (Phi) is 7.01. The Morgan fingerprint density at radius 2 is 1.86 bits per heavy atom. The highest BCUT2D eigenvalue weighted by Gasteiger charge is 2.19. The van der Waals surface area contributed by atoms with Crippen molar-refractivity contribution in [3.63, 3.8) is 0 Å². The number of ether oxygens (including phenoxy) is 2. The lowest BCUT2D eigenvalue weighted by molar-refractivity contribution is -0.384. The zero-order valence-electron chi connectivity index (χ0n) is 19.6. The molecule has 11 nitrogen and oxygen atoms in total. The first-order valence-electron chi connectivity index (χ1n) is 10.8. The molecule has 0 saturated carbocycles. The van der Waals surface area contributed by atoms with Gasteiger partial charge in [-0.25, -0.2) is 9.97 Å². The van der Waals surface area contributed by atoms with Gasteiger partial charge < -0.3 is 14.8 Å². The second kappa shape index (κ2) is 10.1. The van der Waals surface area contributed by atoms with Crippen LogP contribution in [0.15, 0.2) is 41.6 Å². The molecule has 0 bridgehead atoms. The maximum Gasteiger partial charge on any atom is 0.269 e. The van der Waals surface area contributed by atoms with Gasteiger partial charge in [0.25, 0.3) is 5.69 Å². The molecule has 4 rings (SSSR count). The molecular formula is C23H24N6O5S. The molecule has 4 aromatic rings. The van der Waals surface area contributed by atoms with Crippen LogP contribution in [0.3, 0.4) is 0 Å². The summed E-state index contributed by atoms with van der Waals surface area (Å²) in [5.74, 6) is 1.43. The topological polar surface area (TPSA) is 134 Å². The Morgan fingerprint density at radius 3 is 2.49 bits per heavy atom. The number of carbonyl (C=O) groups is 1. The van der Waals surface area contributed by atoms with Gasteiger partial charge in [-0.2, -0.15) is 4.52 Å². The number of benzene rings is 2. The molecule has 2 heterocycles. The van der Waals surface area contributed by atoms with Gasteiger partial charge in [-0.15, -0.1) is 5.10 Å². The van der Waals surface area contributed by atoms with Gasteiger partial charge >= 0.3 is 0 Å². The van der Waals surface area contributed by atoms with Crippen LogP contribution in [0.1, 0.15) is 20.3 Å². The molecule has 182 valence electrons. The first-order valence-corrected chi connectivity index (χ1v) is 11.8. The quantitative estimate of drug-likeness (QED) is 0.159. The van der Waals surface area contributed by atoms with Crippen LogP contribution in [0.4, 0.5) is 5.69 Å². The number of aromatic nitrogens is 4. The number of nitro benzene ring substituents is 1. The summed E-state index contributed by atoms with van der Waals surface area (Å²) in [7, 11) is 3.08. The normalized spacial score (nSPS) is 12.0. The smallest absolute Gasteiger partial charge is 0.269 e. The highest BCUT2D eigenvalue weighted by molar-refractivity contribution is 7.99. The number of fused-ring (bicyclic) bond motifs is 3. The van der Waals surface area contributed by atoms with Crippen LogP contribution in [0.2, 0.25) is 0 Å². The van der Waals surface area contributed by atoms with Crippen molar-refractivity contribution in [3.05, 3.63) is 46.5 Å². The Labute approximate surface area is 205 Å². The van der Waals surface area contributed by atoms with Crippen LogP contribution >= 0.6 is 11.8 Å². The minimum atomic E-state index is -0.461. The molecule has 0 spiro atoms. The van der Waals surface area contributed by atoms with Gasteiger partial charge in [0.2, 0.25) is 5.91 Å². The fourth-order valence-electron chi connectivity index (χ4n) is 3.41. The summed E-state index contributed by atoms with van der Waals surface area (Å²) in [6.07, 6.45) is 0.832. The number of nitrogens with zero attached hydrogens (tertiary/aromatic N) is 5. The summed E-state index contributed by atoms with van der Waals surface area (Å²) in [5.41, 5.74) is 1.69. The Hall–Kier alpha value is -3.93. The zero-order valence-corrected chi connectivity index (χ0v) is 20.5. The van der Waals surface area contributed by atoms with E-state index in [9.17, 15) is 14.9 Å². The molecule has 0 radical (unpaired) electrons. The summed E-state index contributed by atoms with van der Waals surface area (Å²) in [5, 5.41) is 19.7. The van der Waals surface area contributed by atoms with Crippen molar-refractivity contribution >= 4 is 39.9 Å². The second-order valence-corrected chi connectivity index (χ2v) is 8.70. The monoisotopic (exact) mass is 496 g/mol. The van der Waals surface area contributed by atoms with Crippen molar-refractivity contribution in [1.29, 1.82) is 0 Å². The largest absolute Gasteiger partial charge is 0.493 e. The number of nitro groups is 1. The SMILES string of the molecule is CC[C@H](C)NC(=O)CSc1nc2cc(OC)c(OC)cc2c2nc(-c3ccc([N+](=O)[O-])cc3)nn12. The van der Waals surface area contributed by atoms with Crippen LogP contribution in [0.5, 0.6) is 11.5 Å². The van der Waals surface area contributed by atoms with Gasteiger partial charge in [-0.05, 0) is 31.5 Å². The predicted molar refractivity (Wildman–Crippen MR) is 132 cm³/mol. The van der Waals surface area contributed by atoms with E-state index in [-0.39, 0.29) is 23.4 Å². The lowest BCUT2D eigenvalue weighted by atomic mass is 10.2. The molecule has 0 aliphatic heterocycles.